The van der Waals surface area contributed by atoms with Gasteiger partial charge in [0.1, 0.15) is 0 Å². The van der Waals surface area contributed by atoms with E-state index in [-0.39, 0.29) is 18.7 Å². The largest absolute Gasteiger partial charge is 0.481 e. The summed E-state index contributed by atoms with van der Waals surface area (Å²) < 4.78 is 1.92. The molecule has 3 rings (SSSR count). The number of nitro groups is 1. The molecule has 0 bridgehead atoms. The first kappa shape index (κ1) is 19.6. The Morgan fingerprint density at radius 2 is 1.93 bits per heavy atom. The summed E-state index contributed by atoms with van der Waals surface area (Å²) in [6, 6.07) is 12.9. The Kier molecular flexibility index (Phi) is 5.46. The number of aryl methyl sites for hydroxylation is 1. The number of non-ortho nitro benzene ring substituents is 1. The van der Waals surface area contributed by atoms with Crippen LogP contribution < -0.4 is 5.73 Å². The van der Waals surface area contributed by atoms with Crippen molar-refractivity contribution in [1.29, 1.82) is 0 Å². The number of benzene rings is 2. The predicted octanol–water partition coefficient (Wildman–Crippen LogP) is 3.65. The first-order valence-corrected chi connectivity index (χ1v) is 9.10. The summed E-state index contributed by atoms with van der Waals surface area (Å²) in [4.78, 5) is 23.0. The fraction of sp³-hybridized carbons (Fsp3) is 0.286. The van der Waals surface area contributed by atoms with Crippen molar-refractivity contribution in [2.24, 2.45) is 18.7 Å². The van der Waals surface area contributed by atoms with Gasteiger partial charge in [0.25, 0.3) is 5.69 Å². The van der Waals surface area contributed by atoms with Gasteiger partial charge in [-0.1, -0.05) is 30.3 Å². The van der Waals surface area contributed by atoms with Gasteiger partial charge in [-0.25, -0.2) is 0 Å². The minimum absolute atomic E-state index is 0.00901. The number of nitrogens with zero attached hydrogens (tertiary/aromatic N) is 2. The van der Waals surface area contributed by atoms with E-state index in [1.165, 1.54) is 6.07 Å². The van der Waals surface area contributed by atoms with Gasteiger partial charge in [0, 0.05) is 24.4 Å². The Hall–Kier alpha value is -3.19. The third-order valence-corrected chi connectivity index (χ3v) is 5.33. The number of nitro benzene ring substituents is 1. The molecule has 0 saturated heterocycles. The Balaban J connectivity index is 2.32. The Bertz CT molecular complexity index is 1040. The highest BCUT2D eigenvalue weighted by Crippen LogP contribution is 2.40. The molecule has 2 aromatic carbocycles. The fourth-order valence-corrected chi connectivity index (χ4v) is 3.79. The first-order chi connectivity index (χ1) is 13.4. The van der Waals surface area contributed by atoms with E-state index in [1.54, 1.807) is 6.07 Å². The van der Waals surface area contributed by atoms with Crippen LogP contribution >= 0.6 is 0 Å². The molecule has 28 heavy (non-hydrogen) atoms. The lowest BCUT2D eigenvalue weighted by Gasteiger charge is -2.11. The molecule has 3 aromatic rings. The van der Waals surface area contributed by atoms with Crippen LogP contribution in [0.2, 0.25) is 0 Å². The lowest BCUT2D eigenvalue weighted by Crippen LogP contribution is -2.20. The van der Waals surface area contributed by atoms with E-state index in [4.69, 9.17) is 5.73 Å². The summed E-state index contributed by atoms with van der Waals surface area (Å²) in [7, 11) is 1.86. The molecular formula is C21H23N3O4. The molecule has 0 aliphatic rings. The number of aliphatic carboxylic acids is 1. The molecule has 0 spiro atoms. The molecule has 7 nitrogen and oxygen atoms in total. The van der Waals surface area contributed by atoms with Crippen molar-refractivity contribution in [3.63, 3.8) is 0 Å². The molecule has 1 heterocycles. The third kappa shape index (κ3) is 3.36. The van der Waals surface area contributed by atoms with Crippen molar-refractivity contribution < 1.29 is 14.8 Å². The SMILES string of the molecule is Cc1c(CC(CCN)C(=O)O)c2c([N+](=O)[O-])ccc(-c3ccccc3)c2n1C. The summed E-state index contributed by atoms with van der Waals surface area (Å²) in [6.07, 6.45) is 0.520. The summed E-state index contributed by atoms with van der Waals surface area (Å²) in [5.41, 5.74) is 9.66. The second kappa shape index (κ2) is 7.82. The van der Waals surface area contributed by atoms with Gasteiger partial charge < -0.3 is 15.4 Å². The Labute approximate surface area is 162 Å². The molecule has 146 valence electrons. The van der Waals surface area contributed by atoms with E-state index in [2.05, 4.69) is 0 Å². The highest BCUT2D eigenvalue weighted by atomic mass is 16.6. The molecule has 0 fully saturated rings. The molecule has 0 saturated carbocycles. The topological polar surface area (TPSA) is 111 Å². The van der Waals surface area contributed by atoms with Gasteiger partial charge in [0.15, 0.2) is 0 Å². The van der Waals surface area contributed by atoms with Gasteiger partial charge in [-0.2, -0.15) is 0 Å². The summed E-state index contributed by atoms with van der Waals surface area (Å²) in [5, 5.41) is 21.8. The maximum absolute atomic E-state index is 11.7. The van der Waals surface area contributed by atoms with E-state index in [0.29, 0.717) is 17.4 Å². The number of hydrogen-bond donors (Lipinski definition) is 2. The van der Waals surface area contributed by atoms with Crippen LogP contribution in [0.4, 0.5) is 5.69 Å². The number of carbonyl (C=O) groups is 1. The predicted molar refractivity (Wildman–Crippen MR) is 108 cm³/mol. The van der Waals surface area contributed by atoms with Crippen LogP contribution in [0.1, 0.15) is 17.7 Å². The standard InChI is InChI=1S/C21H23N3O4/c1-13-17(12-15(10-11-22)21(25)26)19-18(24(27)28)9-8-16(20(19)23(13)2)14-6-4-3-5-7-14/h3-9,15H,10-12,22H2,1-2H3,(H,25,26). The number of fused-ring (bicyclic) bond motifs is 1. The summed E-state index contributed by atoms with van der Waals surface area (Å²) >= 11 is 0. The van der Waals surface area contributed by atoms with Gasteiger partial charge >= 0.3 is 5.97 Å². The number of nitrogens with two attached hydrogens (primary N) is 1. The Morgan fingerprint density at radius 1 is 1.25 bits per heavy atom. The molecule has 0 aliphatic heterocycles. The molecule has 0 aliphatic carbocycles. The number of hydrogen-bond acceptors (Lipinski definition) is 4. The molecule has 0 radical (unpaired) electrons. The van der Waals surface area contributed by atoms with Crippen molar-refractivity contribution in [3.8, 4) is 11.1 Å². The van der Waals surface area contributed by atoms with Gasteiger partial charge in [0.05, 0.1) is 21.7 Å². The van der Waals surface area contributed by atoms with E-state index in [1.807, 2.05) is 48.9 Å². The van der Waals surface area contributed by atoms with Crippen molar-refractivity contribution in [2.75, 3.05) is 6.54 Å². The maximum Gasteiger partial charge on any atom is 0.306 e. The normalized spacial score (nSPS) is 12.2. The van der Waals surface area contributed by atoms with Crippen LogP contribution in [0.3, 0.4) is 0 Å². The van der Waals surface area contributed by atoms with Gasteiger partial charge in [-0.15, -0.1) is 0 Å². The average Bonchev–Trinajstić information content (AvgIpc) is 2.92. The van der Waals surface area contributed by atoms with Crippen molar-refractivity contribution >= 4 is 22.6 Å². The van der Waals surface area contributed by atoms with E-state index >= 15 is 0 Å². The number of rotatable bonds is 7. The quantitative estimate of drug-likeness (QED) is 0.479. The van der Waals surface area contributed by atoms with E-state index in [0.717, 1.165) is 22.3 Å². The zero-order chi connectivity index (χ0) is 20.4. The van der Waals surface area contributed by atoms with Crippen LogP contribution in [0.15, 0.2) is 42.5 Å². The summed E-state index contributed by atoms with van der Waals surface area (Å²) in [6.45, 7) is 2.12. The smallest absolute Gasteiger partial charge is 0.306 e. The van der Waals surface area contributed by atoms with E-state index < -0.39 is 16.8 Å². The monoisotopic (exact) mass is 381 g/mol. The highest BCUT2D eigenvalue weighted by Gasteiger charge is 2.27. The fourth-order valence-electron chi connectivity index (χ4n) is 3.79. The van der Waals surface area contributed by atoms with Crippen LogP contribution in [-0.4, -0.2) is 27.1 Å². The number of carboxylic acid groups (broad SMARTS) is 1. The van der Waals surface area contributed by atoms with Gasteiger partial charge in [-0.3, -0.25) is 14.9 Å². The van der Waals surface area contributed by atoms with Crippen LogP contribution in [-0.2, 0) is 18.3 Å². The molecule has 1 aromatic heterocycles. The van der Waals surface area contributed by atoms with E-state index in [9.17, 15) is 20.0 Å². The minimum Gasteiger partial charge on any atom is -0.481 e. The third-order valence-electron chi connectivity index (χ3n) is 5.33. The number of aromatic nitrogens is 1. The maximum atomic E-state index is 11.7. The molecule has 0 amide bonds. The van der Waals surface area contributed by atoms with Gasteiger partial charge in [-0.05, 0) is 43.5 Å². The zero-order valence-corrected chi connectivity index (χ0v) is 15.9. The summed E-state index contributed by atoms with van der Waals surface area (Å²) in [5.74, 6) is -1.63. The van der Waals surface area contributed by atoms with Crippen LogP contribution in [0.25, 0.3) is 22.0 Å². The lowest BCUT2D eigenvalue weighted by atomic mass is 9.92. The number of carboxylic acids is 1. The van der Waals surface area contributed by atoms with Crippen molar-refractivity contribution in [3.05, 3.63) is 63.8 Å². The van der Waals surface area contributed by atoms with Crippen LogP contribution in [0, 0.1) is 23.0 Å². The second-order valence-electron chi connectivity index (χ2n) is 6.92. The Morgan fingerprint density at radius 3 is 2.50 bits per heavy atom. The molecule has 7 heteroatoms. The minimum atomic E-state index is -0.941. The molecular weight excluding hydrogens is 358 g/mol. The highest BCUT2D eigenvalue weighted by molar-refractivity contribution is 6.03. The lowest BCUT2D eigenvalue weighted by molar-refractivity contribution is -0.383. The second-order valence-corrected chi connectivity index (χ2v) is 6.92. The first-order valence-electron chi connectivity index (χ1n) is 9.10. The zero-order valence-electron chi connectivity index (χ0n) is 15.9. The van der Waals surface area contributed by atoms with Gasteiger partial charge in [0.2, 0.25) is 0 Å². The molecule has 1 unspecified atom stereocenters. The average molecular weight is 381 g/mol. The van der Waals surface area contributed by atoms with Crippen molar-refractivity contribution in [1.82, 2.24) is 4.57 Å². The van der Waals surface area contributed by atoms with Crippen molar-refractivity contribution in [2.45, 2.75) is 19.8 Å². The van der Waals surface area contributed by atoms with Crippen LogP contribution in [0.5, 0.6) is 0 Å². The molecule has 1 atom stereocenters. The molecule has 3 N–H and O–H groups in total.